The van der Waals surface area contributed by atoms with E-state index >= 15 is 0 Å². The summed E-state index contributed by atoms with van der Waals surface area (Å²) in [5.74, 6) is 0. The first kappa shape index (κ1) is 18.0. The third-order valence-electron chi connectivity index (χ3n) is 4.08. The Morgan fingerprint density at radius 2 is 1.83 bits per heavy atom. The highest BCUT2D eigenvalue weighted by molar-refractivity contribution is 7.89. The van der Waals surface area contributed by atoms with Gasteiger partial charge in [-0.25, -0.2) is 8.42 Å². The van der Waals surface area contributed by atoms with Crippen LogP contribution in [0, 0.1) is 16.7 Å². The zero-order valence-electron chi connectivity index (χ0n) is 14.3. The van der Waals surface area contributed by atoms with Crippen LogP contribution in [0.1, 0.15) is 51.2 Å². The molecule has 1 aromatic rings. The molecule has 0 heterocycles. The molecule has 0 aromatic heterocycles. The fourth-order valence-corrected chi connectivity index (χ4v) is 4.73. The lowest BCUT2D eigenvalue weighted by atomic mass is 9.92. The molecule has 1 aliphatic carbocycles. The molecule has 0 bridgehead atoms. The van der Waals surface area contributed by atoms with Crippen LogP contribution in [0.4, 0.5) is 0 Å². The van der Waals surface area contributed by atoms with Gasteiger partial charge in [0.05, 0.1) is 11.0 Å². The van der Waals surface area contributed by atoms with Crippen LogP contribution in [0.15, 0.2) is 23.1 Å². The molecule has 0 N–H and O–H groups in total. The molecule has 0 atom stereocenters. The van der Waals surface area contributed by atoms with Gasteiger partial charge in [0.1, 0.15) is 0 Å². The SMILES string of the molecule is CC(C)(C)CN(CCC#N)S(=O)(=O)c1ccc2c(c1)CCCC2. The molecule has 0 radical (unpaired) electrons. The summed E-state index contributed by atoms with van der Waals surface area (Å²) >= 11 is 0. The van der Waals surface area contributed by atoms with Gasteiger partial charge in [-0.15, -0.1) is 0 Å². The fraction of sp³-hybridized carbons (Fsp3) is 0.611. The van der Waals surface area contributed by atoms with E-state index in [1.807, 2.05) is 32.9 Å². The van der Waals surface area contributed by atoms with Crippen molar-refractivity contribution in [3.05, 3.63) is 29.3 Å². The first-order chi connectivity index (χ1) is 10.7. The van der Waals surface area contributed by atoms with Gasteiger partial charge >= 0.3 is 0 Å². The quantitative estimate of drug-likeness (QED) is 0.828. The highest BCUT2D eigenvalue weighted by Gasteiger charge is 2.29. The first-order valence-corrected chi connectivity index (χ1v) is 9.67. The Labute approximate surface area is 140 Å². The molecule has 0 saturated carbocycles. The van der Waals surface area contributed by atoms with Gasteiger partial charge in [-0.3, -0.25) is 0 Å². The molecule has 23 heavy (non-hydrogen) atoms. The van der Waals surface area contributed by atoms with Crippen molar-refractivity contribution in [1.29, 1.82) is 5.26 Å². The van der Waals surface area contributed by atoms with Crippen LogP contribution in [0.25, 0.3) is 0 Å². The predicted molar refractivity (Wildman–Crippen MR) is 91.5 cm³/mol. The van der Waals surface area contributed by atoms with Gasteiger partial charge in [-0.1, -0.05) is 26.8 Å². The maximum absolute atomic E-state index is 13.0. The zero-order valence-corrected chi connectivity index (χ0v) is 15.1. The van der Waals surface area contributed by atoms with E-state index in [2.05, 4.69) is 6.07 Å². The number of rotatable bonds is 5. The Morgan fingerprint density at radius 1 is 1.17 bits per heavy atom. The van der Waals surface area contributed by atoms with E-state index in [1.54, 1.807) is 6.07 Å². The average Bonchev–Trinajstić information content (AvgIpc) is 2.49. The van der Waals surface area contributed by atoms with Crippen molar-refractivity contribution in [1.82, 2.24) is 4.31 Å². The number of nitriles is 1. The molecule has 4 nitrogen and oxygen atoms in total. The topological polar surface area (TPSA) is 61.2 Å². The highest BCUT2D eigenvalue weighted by Crippen LogP contribution is 2.27. The molecule has 0 aliphatic heterocycles. The first-order valence-electron chi connectivity index (χ1n) is 8.23. The van der Waals surface area contributed by atoms with Crippen molar-refractivity contribution >= 4 is 10.0 Å². The molecule has 0 spiro atoms. The minimum atomic E-state index is -3.56. The normalized spacial score (nSPS) is 15.3. The molecular formula is C18H26N2O2S. The molecule has 126 valence electrons. The molecule has 0 saturated heterocycles. The molecule has 1 aromatic carbocycles. The second-order valence-electron chi connectivity index (χ2n) is 7.44. The van der Waals surface area contributed by atoms with Gasteiger partial charge in [-0.05, 0) is 54.4 Å². The molecule has 5 heteroatoms. The summed E-state index contributed by atoms with van der Waals surface area (Å²) in [6.45, 7) is 6.68. The van der Waals surface area contributed by atoms with Crippen LogP contribution >= 0.6 is 0 Å². The van der Waals surface area contributed by atoms with E-state index < -0.39 is 10.0 Å². The van der Waals surface area contributed by atoms with E-state index in [-0.39, 0.29) is 18.4 Å². The number of sulfonamides is 1. The van der Waals surface area contributed by atoms with Gasteiger partial charge in [0.2, 0.25) is 10.0 Å². The van der Waals surface area contributed by atoms with Crippen LogP contribution in [0.3, 0.4) is 0 Å². The van der Waals surface area contributed by atoms with Crippen LogP contribution in [-0.4, -0.2) is 25.8 Å². The van der Waals surface area contributed by atoms with E-state index in [4.69, 9.17) is 5.26 Å². The van der Waals surface area contributed by atoms with Gasteiger partial charge in [-0.2, -0.15) is 9.57 Å². The lowest BCUT2D eigenvalue weighted by Crippen LogP contribution is -2.38. The summed E-state index contributed by atoms with van der Waals surface area (Å²) < 4.78 is 27.5. The fourth-order valence-electron chi connectivity index (χ4n) is 3.01. The van der Waals surface area contributed by atoms with Crippen molar-refractivity contribution in [2.75, 3.05) is 13.1 Å². The van der Waals surface area contributed by atoms with Gasteiger partial charge in [0.25, 0.3) is 0 Å². The summed E-state index contributed by atoms with van der Waals surface area (Å²) in [4.78, 5) is 0.361. The standard InChI is InChI=1S/C18H26N2O2S/c1-18(2,3)14-20(12-6-11-19)23(21,22)17-10-9-15-7-4-5-8-16(15)13-17/h9-10,13H,4-8,12,14H2,1-3H3. The largest absolute Gasteiger partial charge is 0.243 e. The number of hydrogen-bond donors (Lipinski definition) is 0. The Bertz CT molecular complexity index is 697. The van der Waals surface area contributed by atoms with Crippen LogP contribution in [-0.2, 0) is 22.9 Å². The van der Waals surface area contributed by atoms with Crippen LogP contribution < -0.4 is 0 Å². The Balaban J connectivity index is 2.34. The van der Waals surface area contributed by atoms with Crippen molar-refractivity contribution in [2.24, 2.45) is 5.41 Å². The number of hydrogen-bond acceptors (Lipinski definition) is 3. The van der Waals surface area contributed by atoms with E-state index in [1.165, 1.54) is 16.3 Å². The highest BCUT2D eigenvalue weighted by atomic mass is 32.2. The van der Waals surface area contributed by atoms with Crippen LogP contribution in [0.5, 0.6) is 0 Å². The van der Waals surface area contributed by atoms with E-state index in [0.717, 1.165) is 24.8 Å². The molecule has 1 aliphatic rings. The second kappa shape index (κ2) is 7.02. The third kappa shape index (κ3) is 4.55. The molecule has 0 amide bonds. The van der Waals surface area contributed by atoms with Gasteiger partial charge < -0.3 is 0 Å². The Kier molecular flexibility index (Phi) is 5.49. The summed E-state index contributed by atoms with van der Waals surface area (Å²) in [5.41, 5.74) is 2.28. The lowest BCUT2D eigenvalue weighted by Gasteiger charge is -2.29. The smallest absolute Gasteiger partial charge is 0.207 e. The second-order valence-corrected chi connectivity index (χ2v) is 9.38. The average molecular weight is 334 g/mol. The number of fused-ring (bicyclic) bond motifs is 1. The molecule has 2 rings (SSSR count). The minimum absolute atomic E-state index is 0.156. The zero-order chi connectivity index (χ0) is 17.1. The van der Waals surface area contributed by atoms with Crippen molar-refractivity contribution in [2.45, 2.75) is 57.8 Å². The maximum Gasteiger partial charge on any atom is 0.243 e. The summed E-state index contributed by atoms with van der Waals surface area (Å²) in [5, 5.41) is 8.84. The maximum atomic E-state index is 13.0. The van der Waals surface area contributed by atoms with Crippen LogP contribution in [0.2, 0.25) is 0 Å². The molecular weight excluding hydrogens is 308 g/mol. The van der Waals surface area contributed by atoms with Crippen molar-refractivity contribution in [3.63, 3.8) is 0 Å². The summed E-state index contributed by atoms with van der Waals surface area (Å²) in [6.07, 6.45) is 4.50. The predicted octanol–water partition coefficient (Wildman–Crippen LogP) is 3.52. The summed E-state index contributed by atoms with van der Waals surface area (Å²) in [7, 11) is -3.56. The Hall–Kier alpha value is -1.38. The monoisotopic (exact) mass is 334 g/mol. The lowest BCUT2D eigenvalue weighted by molar-refractivity contribution is 0.285. The molecule has 0 unspecified atom stereocenters. The minimum Gasteiger partial charge on any atom is -0.207 e. The van der Waals surface area contributed by atoms with E-state index in [9.17, 15) is 8.42 Å². The number of nitrogens with zero attached hydrogens (tertiary/aromatic N) is 2. The van der Waals surface area contributed by atoms with Crippen molar-refractivity contribution in [3.8, 4) is 6.07 Å². The Morgan fingerprint density at radius 3 is 2.43 bits per heavy atom. The van der Waals surface area contributed by atoms with Gasteiger partial charge in [0, 0.05) is 19.5 Å². The number of benzene rings is 1. The van der Waals surface area contributed by atoms with E-state index in [0.29, 0.717) is 11.4 Å². The van der Waals surface area contributed by atoms with Crippen molar-refractivity contribution < 1.29 is 8.42 Å². The molecule has 0 fully saturated rings. The number of aryl methyl sites for hydroxylation is 2. The third-order valence-corrected chi connectivity index (χ3v) is 5.92. The summed E-state index contributed by atoms with van der Waals surface area (Å²) in [6, 6.07) is 7.57. The van der Waals surface area contributed by atoms with Gasteiger partial charge in [0.15, 0.2) is 0 Å².